The molecule has 6 nitrogen and oxygen atoms in total. The highest BCUT2D eigenvalue weighted by atomic mass is 16.5. The largest absolute Gasteiger partial charge is 0.497 e. The summed E-state index contributed by atoms with van der Waals surface area (Å²) in [5.74, 6) is 0.694. The number of amides is 1. The fourth-order valence-electron chi connectivity index (χ4n) is 2.13. The lowest BCUT2D eigenvalue weighted by Gasteiger charge is -2.11. The van der Waals surface area contributed by atoms with Gasteiger partial charge in [0.05, 0.1) is 19.9 Å². The van der Waals surface area contributed by atoms with Gasteiger partial charge in [0.1, 0.15) is 23.1 Å². The number of nitriles is 1. The van der Waals surface area contributed by atoms with Crippen LogP contribution in [0.1, 0.15) is 5.56 Å². The molecule has 0 heterocycles. The van der Waals surface area contributed by atoms with Crippen LogP contribution < -0.4 is 20.1 Å². The Balaban J connectivity index is 2.19. The molecule has 0 aliphatic carbocycles. The molecule has 1 amide bonds. The lowest BCUT2D eigenvalue weighted by atomic mass is 10.2. The van der Waals surface area contributed by atoms with Crippen molar-refractivity contribution in [3.63, 3.8) is 0 Å². The van der Waals surface area contributed by atoms with Crippen molar-refractivity contribution >= 4 is 17.3 Å². The second-order valence-corrected chi connectivity index (χ2v) is 5.15. The standard InChI is InChI=1S/C19H19N3O3/c1-13-6-4-5-7-16(13)22-19(23)14(11-20)12-21-17-10-15(24-2)8-9-18(17)25-3/h4-10,12,21H,1-3H3,(H,22,23)/b14-12-. The number of rotatable bonds is 6. The summed E-state index contributed by atoms with van der Waals surface area (Å²) in [6, 6.07) is 14.4. The van der Waals surface area contributed by atoms with Crippen LogP contribution in [0.25, 0.3) is 0 Å². The zero-order valence-electron chi connectivity index (χ0n) is 14.3. The number of benzene rings is 2. The molecule has 0 bridgehead atoms. The molecule has 0 fully saturated rings. The topological polar surface area (TPSA) is 83.4 Å². The Kier molecular flexibility index (Phi) is 6.02. The Morgan fingerprint density at radius 2 is 1.88 bits per heavy atom. The van der Waals surface area contributed by atoms with Crippen molar-refractivity contribution in [2.24, 2.45) is 0 Å². The van der Waals surface area contributed by atoms with Crippen molar-refractivity contribution in [1.29, 1.82) is 5.26 Å². The van der Waals surface area contributed by atoms with E-state index in [1.165, 1.54) is 13.3 Å². The molecule has 2 N–H and O–H groups in total. The number of hydrogen-bond donors (Lipinski definition) is 2. The lowest BCUT2D eigenvalue weighted by Crippen LogP contribution is -2.15. The van der Waals surface area contributed by atoms with E-state index in [9.17, 15) is 10.1 Å². The summed E-state index contributed by atoms with van der Waals surface area (Å²) >= 11 is 0. The van der Waals surface area contributed by atoms with Crippen molar-refractivity contribution in [2.75, 3.05) is 24.9 Å². The van der Waals surface area contributed by atoms with Gasteiger partial charge in [-0.1, -0.05) is 18.2 Å². The van der Waals surface area contributed by atoms with Crippen LogP contribution in [0.5, 0.6) is 11.5 Å². The first-order valence-electron chi connectivity index (χ1n) is 7.55. The van der Waals surface area contributed by atoms with Gasteiger partial charge >= 0.3 is 0 Å². The lowest BCUT2D eigenvalue weighted by molar-refractivity contribution is -0.112. The van der Waals surface area contributed by atoms with Gasteiger partial charge in [-0.25, -0.2) is 0 Å². The van der Waals surface area contributed by atoms with Crippen LogP contribution in [-0.4, -0.2) is 20.1 Å². The minimum Gasteiger partial charge on any atom is -0.497 e. The van der Waals surface area contributed by atoms with Gasteiger partial charge in [0, 0.05) is 18.0 Å². The SMILES string of the molecule is COc1ccc(OC)c(N/C=C(/C#N)C(=O)Nc2ccccc2C)c1. The number of ether oxygens (including phenoxy) is 2. The number of hydrogen-bond acceptors (Lipinski definition) is 5. The van der Waals surface area contributed by atoms with Crippen LogP contribution in [0, 0.1) is 18.3 Å². The number of aryl methyl sites for hydroxylation is 1. The predicted octanol–water partition coefficient (Wildman–Crippen LogP) is 3.47. The van der Waals surface area contributed by atoms with E-state index in [0.717, 1.165) is 5.56 Å². The van der Waals surface area contributed by atoms with E-state index in [1.807, 2.05) is 31.2 Å². The van der Waals surface area contributed by atoms with E-state index >= 15 is 0 Å². The van der Waals surface area contributed by atoms with Crippen LogP contribution in [-0.2, 0) is 4.79 Å². The zero-order valence-corrected chi connectivity index (χ0v) is 14.3. The van der Waals surface area contributed by atoms with Crippen LogP contribution in [0.15, 0.2) is 54.2 Å². The molecule has 128 valence electrons. The first-order valence-corrected chi connectivity index (χ1v) is 7.55. The molecule has 6 heteroatoms. The van der Waals surface area contributed by atoms with Gasteiger partial charge in [0.2, 0.25) is 0 Å². The Labute approximate surface area is 146 Å². The Hall–Kier alpha value is -3.46. The number of carbonyl (C=O) groups excluding carboxylic acids is 1. The Morgan fingerprint density at radius 1 is 1.12 bits per heavy atom. The van der Waals surface area contributed by atoms with Gasteiger partial charge in [0.15, 0.2) is 0 Å². The van der Waals surface area contributed by atoms with E-state index < -0.39 is 5.91 Å². The molecule has 2 rings (SSSR count). The van der Waals surface area contributed by atoms with Crippen LogP contribution in [0.4, 0.5) is 11.4 Å². The molecular weight excluding hydrogens is 318 g/mol. The fourth-order valence-corrected chi connectivity index (χ4v) is 2.13. The molecular formula is C19H19N3O3. The summed E-state index contributed by atoms with van der Waals surface area (Å²) in [5, 5.41) is 14.9. The summed E-state index contributed by atoms with van der Waals surface area (Å²) in [6.07, 6.45) is 1.34. The maximum absolute atomic E-state index is 12.3. The van der Waals surface area contributed by atoms with Crippen molar-refractivity contribution in [3.8, 4) is 17.6 Å². The maximum Gasteiger partial charge on any atom is 0.267 e. The highest BCUT2D eigenvalue weighted by molar-refractivity contribution is 6.07. The van der Waals surface area contributed by atoms with Crippen LogP contribution in [0.3, 0.4) is 0 Å². The molecule has 0 radical (unpaired) electrons. The van der Waals surface area contributed by atoms with Crippen LogP contribution >= 0.6 is 0 Å². The van der Waals surface area contributed by atoms with Gasteiger partial charge in [-0.15, -0.1) is 0 Å². The highest BCUT2D eigenvalue weighted by Gasteiger charge is 2.11. The molecule has 0 saturated carbocycles. The quantitative estimate of drug-likeness (QED) is 0.623. The van der Waals surface area contributed by atoms with Crippen molar-refractivity contribution < 1.29 is 14.3 Å². The third kappa shape index (κ3) is 4.52. The fraction of sp³-hybridized carbons (Fsp3) is 0.158. The molecule has 0 atom stereocenters. The third-order valence-electron chi connectivity index (χ3n) is 3.54. The van der Waals surface area contributed by atoms with E-state index in [4.69, 9.17) is 9.47 Å². The molecule has 0 spiro atoms. The number of para-hydroxylation sites is 1. The van der Waals surface area contributed by atoms with Gasteiger partial charge in [0.25, 0.3) is 5.91 Å². The van der Waals surface area contributed by atoms with Crippen molar-refractivity contribution in [2.45, 2.75) is 6.92 Å². The Bertz CT molecular complexity index is 838. The van der Waals surface area contributed by atoms with Gasteiger partial charge in [-0.2, -0.15) is 5.26 Å². The average Bonchev–Trinajstić information content (AvgIpc) is 2.64. The number of nitrogens with zero attached hydrogens (tertiary/aromatic N) is 1. The molecule has 0 saturated heterocycles. The van der Waals surface area contributed by atoms with Gasteiger partial charge in [-0.05, 0) is 30.7 Å². The molecule has 25 heavy (non-hydrogen) atoms. The minimum absolute atomic E-state index is 0.0619. The smallest absolute Gasteiger partial charge is 0.267 e. The number of carbonyl (C=O) groups is 1. The number of anilines is 2. The average molecular weight is 337 g/mol. The van der Waals surface area contributed by atoms with E-state index in [1.54, 1.807) is 31.4 Å². The zero-order chi connectivity index (χ0) is 18.2. The number of nitrogens with one attached hydrogen (secondary N) is 2. The first-order chi connectivity index (χ1) is 12.1. The first kappa shape index (κ1) is 17.9. The second-order valence-electron chi connectivity index (χ2n) is 5.15. The maximum atomic E-state index is 12.3. The molecule has 2 aromatic rings. The third-order valence-corrected chi connectivity index (χ3v) is 3.54. The summed E-state index contributed by atoms with van der Waals surface area (Å²) in [5.41, 5.74) is 2.09. The molecule has 0 unspecified atom stereocenters. The van der Waals surface area contributed by atoms with Crippen LogP contribution in [0.2, 0.25) is 0 Å². The molecule has 2 aromatic carbocycles. The van der Waals surface area contributed by atoms with E-state index in [-0.39, 0.29) is 5.57 Å². The monoisotopic (exact) mass is 337 g/mol. The second kappa shape index (κ2) is 8.41. The highest BCUT2D eigenvalue weighted by Crippen LogP contribution is 2.29. The van der Waals surface area contributed by atoms with Crippen molar-refractivity contribution in [3.05, 3.63) is 59.8 Å². The molecule has 0 aliphatic heterocycles. The number of methoxy groups -OCH3 is 2. The molecule has 0 aromatic heterocycles. The summed E-state index contributed by atoms with van der Waals surface area (Å²) < 4.78 is 10.4. The van der Waals surface area contributed by atoms with Gasteiger partial charge < -0.3 is 20.1 Å². The minimum atomic E-state index is -0.494. The van der Waals surface area contributed by atoms with Crippen molar-refractivity contribution in [1.82, 2.24) is 0 Å². The summed E-state index contributed by atoms with van der Waals surface area (Å²) in [7, 11) is 3.09. The molecule has 0 aliphatic rings. The Morgan fingerprint density at radius 3 is 2.52 bits per heavy atom. The summed E-state index contributed by atoms with van der Waals surface area (Å²) in [4.78, 5) is 12.3. The van der Waals surface area contributed by atoms with Gasteiger partial charge in [-0.3, -0.25) is 4.79 Å². The van der Waals surface area contributed by atoms with E-state index in [2.05, 4.69) is 10.6 Å². The normalized spacial score (nSPS) is 10.6. The summed E-state index contributed by atoms with van der Waals surface area (Å²) in [6.45, 7) is 1.88. The predicted molar refractivity (Wildman–Crippen MR) is 96.7 cm³/mol. The van der Waals surface area contributed by atoms with E-state index in [0.29, 0.717) is 22.9 Å².